The molecule has 0 aliphatic carbocycles. The number of carbonyl (C=O) groups excluding carboxylic acids is 1. The Hall–Kier alpha value is -2.23. The highest BCUT2D eigenvalue weighted by atomic mass is 16.2. The topological polar surface area (TPSA) is 46.1 Å². The molecule has 1 aromatic carbocycles. The Morgan fingerprint density at radius 3 is 2.64 bits per heavy atom. The molecule has 0 bridgehead atoms. The fourth-order valence-corrected chi connectivity index (χ4v) is 3.42. The van der Waals surface area contributed by atoms with Gasteiger partial charge in [0.25, 0.3) is 5.91 Å². The lowest BCUT2D eigenvalue weighted by Crippen LogP contribution is -2.45. The normalized spacial score (nSPS) is 20.1. The van der Waals surface area contributed by atoms with Crippen LogP contribution < -0.4 is 0 Å². The third-order valence-corrected chi connectivity index (χ3v) is 4.66. The largest absolute Gasteiger partial charge is 0.332 e. The highest BCUT2D eigenvalue weighted by Crippen LogP contribution is 2.42. The molecule has 4 nitrogen and oxygen atoms in total. The molecule has 1 aromatic heterocycles. The summed E-state index contributed by atoms with van der Waals surface area (Å²) in [6.07, 6.45) is 2.44. The lowest BCUT2D eigenvalue weighted by Gasteiger charge is -2.36. The zero-order valence-electron chi connectivity index (χ0n) is 13.3. The molecule has 1 amide bonds. The van der Waals surface area contributed by atoms with Gasteiger partial charge in [0.15, 0.2) is 0 Å². The Kier molecular flexibility index (Phi) is 3.69. The second-order valence-electron chi connectivity index (χ2n) is 6.41. The van der Waals surface area contributed by atoms with Crippen LogP contribution in [-0.4, -0.2) is 32.9 Å². The van der Waals surface area contributed by atoms with Crippen LogP contribution in [0.1, 0.15) is 47.9 Å². The number of carbonyl (C=O) groups is 1. The van der Waals surface area contributed by atoms with Crippen molar-refractivity contribution in [1.29, 1.82) is 0 Å². The van der Waals surface area contributed by atoms with Crippen LogP contribution in [0.15, 0.2) is 42.7 Å². The Morgan fingerprint density at radius 2 is 1.95 bits per heavy atom. The van der Waals surface area contributed by atoms with Crippen LogP contribution in [0, 0.1) is 6.92 Å². The van der Waals surface area contributed by atoms with E-state index in [9.17, 15) is 4.79 Å². The van der Waals surface area contributed by atoms with Crippen LogP contribution in [-0.2, 0) is 0 Å². The molecule has 0 saturated carbocycles. The number of benzene rings is 1. The van der Waals surface area contributed by atoms with Gasteiger partial charge in [-0.2, -0.15) is 0 Å². The van der Waals surface area contributed by atoms with E-state index >= 15 is 0 Å². The maximum atomic E-state index is 12.8. The van der Waals surface area contributed by atoms with Crippen LogP contribution in [0.5, 0.6) is 0 Å². The van der Waals surface area contributed by atoms with Gasteiger partial charge in [0, 0.05) is 23.7 Å². The molecule has 3 rings (SSSR count). The van der Waals surface area contributed by atoms with Gasteiger partial charge in [-0.05, 0) is 38.8 Å². The Balaban J connectivity index is 1.89. The van der Waals surface area contributed by atoms with Crippen molar-refractivity contribution in [3.63, 3.8) is 0 Å². The fraction of sp³-hybridized carbons (Fsp3) is 0.389. The van der Waals surface area contributed by atoms with Crippen LogP contribution in [0.2, 0.25) is 0 Å². The Bertz CT molecular complexity index is 682. The number of likely N-dealkylation sites (tertiary alicyclic amines) is 1. The first-order valence-corrected chi connectivity index (χ1v) is 7.65. The van der Waals surface area contributed by atoms with Crippen molar-refractivity contribution in [2.75, 3.05) is 6.54 Å². The molecule has 2 heterocycles. The van der Waals surface area contributed by atoms with Gasteiger partial charge in [0.2, 0.25) is 0 Å². The third kappa shape index (κ3) is 2.49. The summed E-state index contributed by atoms with van der Waals surface area (Å²) in [6.45, 7) is 6.92. The molecule has 0 N–H and O–H groups in total. The number of rotatable bonds is 2. The summed E-state index contributed by atoms with van der Waals surface area (Å²) in [4.78, 5) is 23.0. The maximum absolute atomic E-state index is 12.8. The van der Waals surface area contributed by atoms with Crippen molar-refractivity contribution < 1.29 is 4.79 Å². The first-order valence-electron chi connectivity index (χ1n) is 7.65. The number of nitrogens with zero attached hydrogens (tertiary/aromatic N) is 3. The molecule has 114 valence electrons. The van der Waals surface area contributed by atoms with Crippen LogP contribution in [0.3, 0.4) is 0 Å². The van der Waals surface area contributed by atoms with Crippen molar-refractivity contribution in [2.24, 2.45) is 0 Å². The molecular formula is C18H21N3O. The summed E-state index contributed by atoms with van der Waals surface area (Å²) in [5.74, 6) is 0.342. The van der Waals surface area contributed by atoms with Crippen molar-refractivity contribution in [1.82, 2.24) is 14.9 Å². The number of aryl methyl sites for hydroxylation is 1. The first kappa shape index (κ1) is 14.7. The van der Waals surface area contributed by atoms with Gasteiger partial charge < -0.3 is 4.90 Å². The van der Waals surface area contributed by atoms with Gasteiger partial charge in [0.1, 0.15) is 12.0 Å². The molecule has 0 unspecified atom stereocenters. The van der Waals surface area contributed by atoms with E-state index in [2.05, 4.69) is 48.1 Å². The summed E-state index contributed by atoms with van der Waals surface area (Å²) in [6, 6.07) is 12.2. The quantitative estimate of drug-likeness (QED) is 0.854. The standard InChI is InChI=1S/C18H21N3O/c1-13-11-16(20-12-19-13)17(22)21-10-9-15(18(21,2)3)14-7-5-4-6-8-14/h4-8,11-12,15H,9-10H2,1-3H3/t15-/m1/s1. The monoisotopic (exact) mass is 295 g/mol. The molecule has 1 saturated heterocycles. The van der Waals surface area contributed by atoms with Gasteiger partial charge in [0.05, 0.1) is 0 Å². The van der Waals surface area contributed by atoms with Gasteiger partial charge in [-0.3, -0.25) is 4.79 Å². The SMILES string of the molecule is Cc1cc(C(=O)N2CC[C@H](c3ccccc3)C2(C)C)ncn1. The number of aromatic nitrogens is 2. The van der Waals surface area contributed by atoms with Crippen molar-refractivity contribution in [3.05, 3.63) is 59.7 Å². The minimum atomic E-state index is -0.225. The summed E-state index contributed by atoms with van der Waals surface area (Å²) in [5, 5.41) is 0. The van der Waals surface area contributed by atoms with Gasteiger partial charge in [-0.1, -0.05) is 30.3 Å². The molecule has 1 aliphatic heterocycles. The summed E-state index contributed by atoms with van der Waals surface area (Å²) < 4.78 is 0. The van der Waals surface area contributed by atoms with Crippen LogP contribution in [0.25, 0.3) is 0 Å². The molecule has 1 aliphatic rings. The molecule has 0 radical (unpaired) electrons. The molecule has 2 aromatic rings. The lowest BCUT2D eigenvalue weighted by atomic mass is 9.82. The van der Waals surface area contributed by atoms with E-state index in [0.717, 1.165) is 18.7 Å². The molecule has 1 fully saturated rings. The highest BCUT2D eigenvalue weighted by molar-refractivity contribution is 5.93. The van der Waals surface area contributed by atoms with E-state index in [1.54, 1.807) is 6.07 Å². The molecule has 22 heavy (non-hydrogen) atoms. The summed E-state index contributed by atoms with van der Waals surface area (Å²) in [5.41, 5.74) is 2.36. The predicted octanol–water partition coefficient (Wildman–Crippen LogP) is 3.19. The summed E-state index contributed by atoms with van der Waals surface area (Å²) in [7, 11) is 0. The number of hydrogen-bond acceptors (Lipinski definition) is 3. The Morgan fingerprint density at radius 1 is 1.23 bits per heavy atom. The molecule has 4 heteroatoms. The second-order valence-corrected chi connectivity index (χ2v) is 6.41. The van der Waals surface area contributed by atoms with E-state index in [-0.39, 0.29) is 11.4 Å². The highest BCUT2D eigenvalue weighted by Gasteiger charge is 2.44. The molecule has 1 atom stereocenters. The average Bonchev–Trinajstić information content (AvgIpc) is 2.82. The molecular weight excluding hydrogens is 274 g/mol. The smallest absolute Gasteiger partial charge is 0.273 e. The van der Waals surface area contributed by atoms with Gasteiger partial charge in [-0.15, -0.1) is 0 Å². The van der Waals surface area contributed by atoms with E-state index in [1.165, 1.54) is 11.9 Å². The zero-order valence-corrected chi connectivity index (χ0v) is 13.3. The number of hydrogen-bond donors (Lipinski definition) is 0. The maximum Gasteiger partial charge on any atom is 0.273 e. The zero-order chi connectivity index (χ0) is 15.7. The van der Waals surface area contributed by atoms with Crippen molar-refractivity contribution in [3.8, 4) is 0 Å². The number of amides is 1. The Labute approximate surface area is 131 Å². The summed E-state index contributed by atoms with van der Waals surface area (Å²) >= 11 is 0. The lowest BCUT2D eigenvalue weighted by molar-refractivity contribution is 0.0629. The first-order chi connectivity index (χ1) is 10.5. The van der Waals surface area contributed by atoms with Crippen molar-refractivity contribution in [2.45, 2.75) is 38.6 Å². The van der Waals surface area contributed by atoms with Crippen LogP contribution in [0.4, 0.5) is 0 Å². The molecule has 0 spiro atoms. The van der Waals surface area contributed by atoms with Crippen molar-refractivity contribution >= 4 is 5.91 Å². The second kappa shape index (κ2) is 5.52. The van der Waals surface area contributed by atoms with Gasteiger partial charge >= 0.3 is 0 Å². The fourth-order valence-electron chi connectivity index (χ4n) is 3.42. The minimum Gasteiger partial charge on any atom is -0.332 e. The van der Waals surface area contributed by atoms with E-state index in [4.69, 9.17) is 0 Å². The van der Waals surface area contributed by atoms with E-state index in [0.29, 0.717) is 11.6 Å². The minimum absolute atomic E-state index is 0.00562. The van der Waals surface area contributed by atoms with Crippen LogP contribution >= 0.6 is 0 Å². The predicted molar refractivity (Wildman–Crippen MR) is 85.7 cm³/mol. The van der Waals surface area contributed by atoms with E-state index in [1.807, 2.05) is 17.9 Å². The average molecular weight is 295 g/mol. The van der Waals surface area contributed by atoms with E-state index < -0.39 is 0 Å². The van der Waals surface area contributed by atoms with Gasteiger partial charge in [-0.25, -0.2) is 9.97 Å². The third-order valence-electron chi connectivity index (χ3n) is 4.66.